The molecule has 0 fully saturated rings. The van der Waals surface area contributed by atoms with Crippen molar-refractivity contribution in [3.63, 3.8) is 0 Å². The van der Waals surface area contributed by atoms with Crippen LogP contribution in [0.1, 0.15) is 20.3 Å². The number of aromatic nitrogens is 1. The van der Waals surface area contributed by atoms with Crippen LogP contribution in [0.2, 0.25) is 0 Å². The summed E-state index contributed by atoms with van der Waals surface area (Å²) in [5.41, 5.74) is 0. The fourth-order valence-corrected chi connectivity index (χ4v) is 5.41. The average molecular weight is 458 g/mol. The predicted molar refractivity (Wildman–Crippen MR) is 105 cm³/mol. The van der Waals surface area contributed by atoms with Gasteiger partial charge in [-0.15, -0.1) is 11.3 Å². The zero-order valence-corrected chi connectivity index (χ0v) is 17.6. The van der Waals surface area contributed by atoms with Crippen LogP contribution in [0.5, 0.6) is 0 Å². The molecule has 0 aliphatic rings. The topological polar surface area (TPSA) is 60.2 Å². The molecule has 0 bridgehead atoms. The molecule has 0 radical (unpaired) electrons. The van der Waals surface area contributed by atoms with Crippen LogP contribution in [-0.2, 0) is 9.84 Å². The summed E-state index contributed by atoms with van der Waals surface area (Å²) in [6, 6.07) is 10.3. The molecule has 8 heteroatoms. The first-order valence-electron chi connectivity index (χ1n) is 7.64. The Labute approximate surface area is 163 Å². The van der Waals surface area contributed by atoms with Gasteiger partial charge in [-0.2, -0.15) is 4.98 Å². The van der Waals surface area contributed by atoms with Crippen LogP contribution < -0.4 is 0 Å². The Morgan fingerprint density at radius 1 is 1.28 bits per heavy atom. The smallest absolute Gasteiger partial charge is 0.238 e. The molecule has 1 aromatic carbocycles. The summed E-state index contributed by atoms with van der Waals surface area (Å²) >= 11 is 6.19. The Morgan fingerprint density at radius 3 is 2.60 bits per heavy atom. The summed E-state index contributed by atoms with van der Waals surface area (Å²) in [4.78, 5) is 5.34. The predicted octanol–water partition coefficient (Wildman–Crippen LogP) is 5.89. The standard InChI is InChI=1S/C17H16BrNO3S3/c1-3-11(2)24-17-16(19-15(22-17)14-5-4-10-23-14)25(20,21)13-8-6-12(18)7-9-13/h4-11H,3H2,1-2H3. The first kappa shape index (κ1) is 18.7. The number of nitrogens with zero attached hydrogens (tertiary/aromatic N) is 1. The number of thiophene rings is 1. The van der Waals surface area contributed by atoms with Gasteiger partial charge in [0.1, 0.15) is 0 Å². The SMILES string of the molecule is CCC(C)Sc1oc(-c2cccs2)nc1S(=O)(=O)c1ccc(Br)cc1. The fourth-order valence-electron chi connectivity index (χ4n) is 2.03. The first-order valence-corrected chi connectivity index (χ1v) is 11.7. The van der Waals surface area contributed by atoms with Crippen LogP contribution in [0.15, 0.2) is 65.7 Å². The molecule has 0 aliphatic heterocycles. The molecule has 3 rings (SSSR count). The van der Waals surface area contributed by atoms with E-state index in [0.717, 1.165) is 15.8 Å². The molecule has 0 saturated carbocycles. The average Bonchev–Trinajstić information content (AvgIpc) is 3.24. The highest BCUT2D eigenvalue weighted by Crippen LogP contribution is 2.38. The Morgan fingerprint density at radius 2 is 2.00 bits per heavy atom. The van der Waals surface area contributed by atoms with Gasteiger partial charge in [0.2, 0.25) is 25.8 Å². The number of sulfone groups is 1. The lowest BCUT2D eigenvalue weighted by Crippen LogP contribution is -2.04. The minimum atomic E-state index is -3.75. The Bertz CT molecular complexity index is 948. The fraction of sp³-hybridized carbons (Fsp3) is 0.235. The van der Waals surface area contributed by atoms with E-state index >= 15 is 0 Å². The third kappa shape index (κ3) is 4.02. The maximum atomic E-state index is 13.1. The number of hydrogen-bond donors (Lipinski definition) is 0. The van der Waals surface area contributed by atoms with E-state index in [1.807, 2.05) is 24.4 Å². The van der Waals surface area contributed by atoms with E-state index in [9.17, 15) is 8.42 Å². The number of thioether (sulfide) groups is 1. The molecule has 1 unspecified atom stereocenters. The number of halogens is 1. The quantitative estimate of drug-likeness (QED) is 0.431. The molecular weight excluding hydrogens is 442 g/mol. The third-order valence-corrected chi connectivity index (χ3v) is 7.98. The lowest BCUT2D eigenvalue weighted by Gasteiger charge is -2.07. The minimum absolute atomic E-state index is 0.0106. The molecule has 0 amide bonds. The van der Waals surface area contributed by atoms with Gasteiger partial charge in [-0.3, -0.25) is 0 Å². The van der Waals surface area contributed by atoms with Crippen LogP contribution in [0.4, 0.5) is 0 Å². The van der Waals surface area contributed by atoms with Gasteiger partial charge >= 0.3 is 0 Å². The van der Waals surface area contributed by atoms with Crippen molar-refractivity contribution in [1.29, 1.82) is 0 Å². The molecule has 3 aromatic rings. The summed E-state index contributed by atoms with van der Waals surface area (Å²) in [6.07, 6.45) is 0.900. The van der Waals surface area contributed by atoms with Crippen LogP contribution >= 0.6 is 39.0 Å². The highest BCUT2D eigenvalue weighted by Gasteiger charge is 2.29. The molecule has 25 heavy (non-hydrogen) atoms. The lowest BCUT2D eigenvalue weighted by atomic mass is 10.4. The molecule has 0 N–H and O–H groups in total. The van der Waals surface area contributed by atoms with Gasteiger partial charge in [0.25, 0.3) is 0 Å². The molecule has 4 nitrogen and oxygen atoms in total. The van der Waals surface area contributed by atoms with Gasteiger partial charge in [0, 0.05) is 9.72 Å². The number of oxazole rings is 1. The summed E-state index contributed by atoms with van der Waals surface area (Å²) in [6.45, 7) is 4.09. The van der Waals surface area contributed by atoms with Crippen LogP contribution in [0, 0.1) is 0 Å². The second-order valence-corrected chi connectivity index (χ2v) is 10.5. The van der Waals surface area contributed by atoms with E-state index in [-0.39, 0.29) is 15.2 Å². The summed E-state index contributed by atoms with van der Waals surface area (Å²) in [5, 5.41) is 2.47. The van der Waals surface area contributed by atoms with Crippen molar-refractivity contribution >= 4 is 48.9 Å². The van der Waals surface area contributed by atoms with Gasteiger partial charge < -0.3 is 4.42 Å². The second-order valence-electron chi connectivity index (χ2n) is 5.38. The maximum Gasteiger partial charge on any atom is 0.238 e. The second kappa shape index (κ2) is 7.65. The zero-order chi connectivity index (χ0) is 18.0. The Balaban J connectivity index is 2.10. The highest BCUT2D eigenvalue weighted by molar-refractivity contribution is 9.10. The van der Waals surface area contributed by atoms with Gasteiger partial charge in [0.05, 0.1) is 9.77 Å². The van der Waals surface area contributed by atoms with Crippen molar-refractivity contribution in [2.24, 2.45) is 0 Å². The highest BCUT2D eigenvalue weighted by atomic mass is 79.9. The van der Waals surface area contributed by atoms with Gasteiger partial charge in [0.15, 0.2) is 0 Å². The normalized spacial score (nSPS) is 13.1. The van der Waals surface area contributed by atoms with Crippen LogP contribution in [-0.4, -0.2) is 18.7 Å². The summed E-state index contributed by atoms with van der Waals surface area (Å²) in [5.74, 6) is 0.344. The molecule has 132 valence electrons. The Kier molecular flexibility index (Phi) is 5.72. The Hall–Kier alpha value is -1.09. The van der Waals surface area contributed by atoms with Crippen molar-refractivity contribution in [1.82, 2.24) is 4.98 Å². The van der Waals surface area contributed by atoms with E-state index in [2.05, 4.69) is 27.8 Å². The van der Waals surface area contributed by atoms with E-state index < -0.39 is 9.84 Å². The molecule has 0 aliphatic carbocycles. The van der Waals surface area contributed by atoms with Crippen molar-refractivity contribution in [3.8, 4) is 10.8 Å². The molecule has 2 aromatic heterocycles. The van der Waals surface area contributed by atoms with Crippen molar-refractivity contribution < 1.29 is 12.8 Å². The van der Waals surface area contributed by atoms with Gasteiger partial charge in [-0.1, -0.05) is 47.6 Å². The van der Waals surface area contributed by atoms with Crippen LogP contribution in [0.25, 0.3) is 10.8 Å². The number of benzene rings is 1. The third-order valence-electron chi connectivity index (χ3n) is 3.56. The summed E-state index contributed by atoms with van der Waals surface area (Å²) < 4.78 is 32.8. The van der Waals surface area contributed by atoms with E-state index in [1.54, 1.807) is 24.3 Å². The van der Waals surface area contributed by atoms with E-state index in [1.165, 1.54) is 23.1 Å². The molecule has 0 spiro atoms. The lowest BCUT2D eigenvalue weighted by molar-refractivity contribution is 0.470. The summed E-state index contributed by atoms with van der Waals surface area (Å²) in [7, 11) is -3.75. The van der Waals surface area contributed by atoms with Crippen LogP contribution in [0.3, 0.4) is 0 Å². The zero-order valence-electron chi connectivity index (χ0n) is 13.6. The van der Waals surface area contributed by atoms with Crippen molar-refractivity contribution in [3.05, 3.63) is 46.3 Å². The van der Waals surface area contributed by atoms with Crippen molar-refractivity contribution in [2.75, 3.05) is 0 Å². The number of rotatable bonds is 6. The number of hydrogen-bond acceptors (Lipinski definition) is 6. The van der Waals surface area contributed by atoms with Crippen molar-refractivity contribution in [2.45, 2.75) is 40.5 Å². The molecule has 2 heterocycles. The monoisotopic (exact) mass is 457 g/mol. The maximum absolute atomic E-state index is 13.1. The largest absolute Gasteiger partial charge is 0.428 e. The minimum Gasteiger partial charge on any atom is -0.428 e. The first-order chi connectivity index (χ1) is 11.9. The van der Waals surface area contributed by atoms with E-state index in [4.69, 9.17) is 4.42 Å². The van der Waals surface area contributed by atoms with Gasteiger partial charge in [-0.05, 0) is 42.1 Å². The molecular formula is C17H16BrNO3S3. The molecule has 0 saturated heterocycles. The molecule has 1 atom stereocenters. The van der Waals surface area contributed by atoms with Gasteiger partial charge in [-0.25, -0.2) is 8.42 Å². The van der Waals surface area contributed by atoms with E-state index in [0.29, 0.717) is 11.0 Å².